The Labute approximate surface area is 114 Å². The minimum absolute atomic E-state index is 0.144. The molecule has 0 bridgehead atoms. The number of hydrogen-bond acceptors (Lipinski definition) is 3. The standard InChI is InChI=1S/C14H15F3N2O/c15-14(16,17)12-2-1-3-13-11(12)8-10(20-13)9-19-6-4-18-5-7-19/h1-3,8,18H,4-7,9H2. The van der Waals surface area contributed by atoms with Crippen LogP contribution in [0.4, 0.5) is 13.2 Å². The number of hydrogen-bond donors (Lipinski definition) is 1. The maximum absolute atomic E-state index is 12.9. The van der Waals surface area contributed by atoms with Gasteiger partial charge in [-0.3, -0.25) is 4.90 Å². The number of halogens is 3. The third-order valence-corrected chi connectivity index (χ3v) is 3.51. The first-order chi connectivity index (χ1) is 9.54. The van der Waals surface area contributed by atoms with Crippen molar-refractivity contribution in [1.29, 1.82) is 0 Å². The van der Waals surface area contributed by atoms with Crippen LogP contribution in [0.15, 0.2) is 28.7 Å². The molecule has 20 heavy (non-hydrogen) atoms. The van der Waals surface area contributed by atoms with Crippen LogP contribution in [0.3, 0.4) is 0 Å². The highest BCUT2D eigenvalue weighted by atomic mass is 19.4. The van der Waals surface area contributed by atoms with Crippen LogP contribution in [0.1, 0.15) is 11.3 Å². The number of nitrogens with zero attached hydrogens (tertiary/aromatic N) is 1. The van der Waals surface area contributed by atoms with Gasteiger partial charge in [0.2, 0.25) is 0 Å². The second-order valence-electron chi connectivity index (χ2n) is 4.95. The Morgan fingerprint density at radius 2 is 1.95 bits per heavy atom. The lowest BCUT2D eigenvalue weighted by atomic mass is 10.1. The van der Waals surface area contributed by atoms with Gasteiger partial charge in [-0.25, -0.2) is 0 Å². The fraction of sp³-hybridized carbons (Fsp3) is 0.429. The molecule has 3 rings (SSSR count). The molecule has 2 heterocycles. The third-order valence-electron chi connectivity index (χ3n) is 3.51. The Balaban J connectivity index is 1.90. The van der Waals surface area contributed by atoms with Gasteiger partial charge in [0, 0.05) is 31.6 Å². The second kappa shape index (κ2) is 5.10. The van der Waals surface area contributed by atoms with Crippen molar-refractivity contribution in [3.63, 3.8) is 0 Å². The lowest BCUT2D eigenvalue weighted by molar-refractivity contribution is -0.136. The Morgan fingerprint density at radius 1 is 1.20 bits per heavy atom. The number of benzene rings is 1. The first-order valence-corrected chi connectivity index (χ1v) is 6.56. The highest BCUT2D eigenvalue weighted by Gasteiger charge is 2.33. The van der Waals surface area contributed by atoms with Gasteiger partial charge in [0.25, 0.3) is 0 Å². The van der Waals surface area contributed by atoms with Crippen LogP contribution >= 0.6 is 0 Å². The van der Waals surface area contributed by atoms with Gasteiger partial charge in [0.05, 0.1) is 12.1 Å². The van der Waals surface area contributed by atoms with Gasteiger partial charge in [-0.05, 0) is 18.2 Å². The zero-order valence-electron chi connectivity index (χ0n) is 10.8. The molecule has 0 atom stereocenters. The highest BCUT2D eigenvalue weighted by molar-refractivity contribution is 5.82. The van der Waals surface area contributed by atoms with E-state index in [9.17, 15) is 13.2 Å². The van der Waals surface area contributed by atoms with Crippen LogP contribution in [0, 0.1) is 0 Å². The highest BCUT2D eigenvalue weighted by Crippen LogP contribution is 2.36. The summed E-state index contributed by atoms with van der Waals surface area (Å²) in [7, 11) is 0. The average Bonchev–Trinajstić information content (AvgIpc) is 2.80. The number of nitrogens with one attached hydrogen (secondary N) is 1. The molecule has 1 aliphatic heterocycles. The molecule has 0 saturated carbocycles. The summed E-state index contributed by atoms with van der Waals surface area (Å²) in [6.07, 6.45) is -4.35. The van der Waals surface area contributed by atoms with Crippen LogP contribution in [-0.2, 0) is 12.7 Å². The minimum Gasteiger partial charge on any atom is -0.460 e. The van der Waals surface area contributed by atoms with Crippen molar-refractivity contribution in [2.45, 2.75) is 12.7 Å². The third kappa shape index (κ3) is 2.66. The first-order valence-electron chi connectivity index (χ1n) is 6.56. The van der Waals surface area contributed by atoms with Gasteiger partial charge in [-0.2, -0.15) is 13.2 Å². The largest absolute Gasteiger partial charge is 0.460 e. The summed E-state index contributed by atoms with van der Waals surface area (Å²) in [5.74, 6) is 0.582. The number of furan rings is 1. The SMILES string of the molecule is FC(F)(F)c1cccc2oc(CN3CCNCC3)cc12. The quantitative estimate of drug-likeness (QED) is 0.919. The zero-order chi connectivity index (χ0) is 14.2. The van der Waals surface area contributed by atoms with E-state index in [0.717, 1.165) is 32.2 Å². The van der Waals surface area contributed by atoms with Crippen molar-refractivity contribution >= 4 is 11.0 Å². The topological polar surface area (TPSA) is 28.4 Å². The predicted molar refractivity (Wildman–Crippen MR) is 69.4 cm³/mol. The zero-order valence-corrected chi connectivity index (χ0v) is 10.8. The van der Waals surface area contributed by atoms with E-state index in [2.05, 4.69) is 10.2 Å². The van der Waals surface area contributed by atoms with E-state index < -0.39 is 11.7 Å². The van der Waals surface area contributed by atoms with Crippen molar-refractivity contribution in [3.05, 3.63) is 35.6 Å². The van der Waals surface area contributed by atoms with Crippen LogP contribution in [0.25, 0.3) is 11.0 Å². The van der Waals surface area contributed by atoms with Crippen molar-refractivity contribution in [3.8, 4) is 0 Å². The summed E-state index contributed by atoms with van der Waals surface area (Å²) >= 11 is 0. The van der Waals surface area contributed by atoms with Gasteiger partial charge in [0.1, 0.15) is 11.3 Å². The number of piperazine rings is 1. The van der Waals surface area contributed by atoms with Crippen LogP contribution in [0.2, 0.25) is 0 Å². The molecule has 0 aliphatic carbocycles. The molecular formula is C14H15F3N2O. The summed E-state index contributed by atoms with van der Waals surface area (Å²) < 4.78 is 44.3. The van der Waals surface area contributed by atoms with Gasteiger partial charge in [-0.1, -0.05) is 6.07 Å². The number of rotatable bonds is 2. The smallest absolute Gasteiger partial charge is 0.417 e. The van der Waals surface area contributed by atoms with E-state index in [0.29, 0.717) is 17.9 Å². The van der Waals surface area contributed by atoms with Crippen molar-refractivity contribution < 1.29 is 17.6 Å². The maximum atomic E-state index is 12.9. The average molecular weight is 284 g/mol. The Morgan fingerprint density at radius 3 is 2.65 bits per heavy atom. The number of alkyl halides is 3. The van der Waals surface area contributed by atoms with Crippen molar-refractivity contribution in [2.24, 2.45) is 0 Å². The molecule has 0 spiro atoms. The van der Waals surface area contributed by atoms with E-state index in [1.54, 1.807) is 6.07 Å². The van der Waals surface area contributed by atoms with E-state index in [1.165, 1.54) is 12.1 Å². The molecule has 1 fully saturated rings. The van der Waals surface area contributed by atoms with Crippen molar-refractivity contribution in [2.75, 3.05) is 26.2 Å². The maximum Gasteiger partial charge on any atom is 0.417 e. The first kappa shape index (κ1) is 13.5. The lowest BCUT2D eigenvalue weighted by Gasteiger charge is -2.26. The van der Waals surface area contributed by atoms with Crippen LogP contribution in [0.5, 0.6) is 0 Å². The van der Waals surface area contributed by atoms with Crippen LogP contribution in [-0.4, -0.2) is 31.1 Å². The summed E-state index contributed by atoms with van der Waals surface area (Å²) in [6, 6.07) is 5.56. The fourth-order valence-electron chi connectivity index (χ4n) is 2.53. The fourth-order valence-corrected chi connectivity index (χ4v) is 2.53. The predicted octanol–water partition coefficient (Wildman–Crippen LogP) is 2.86. The molecule has 1 N–H and O–H groups in total. The lowest BCUT2D eigenvalue weighted by Crippen LogP contribution is -2.42. The van der Waals surface area contributed by atoms with Gasteiger partial charge >= 0.3 is 6.18 Å². The molecule has 0 amide bonds. The monoisotopic (exact) mass is 284 g/mol. The van der Waals surface area contributed by atoms with Gasteiger partial charge < -0.3 is 9.73 Å². The van der Waals surface area contributed by atoms with Crippen molar-refractivity contribution in [1.82, 2.24) is 10.2 Å². The summed E-state index contributed by atoms with van der Waals surface area (Å²) in [5.41, 5.74) is -0.338. The van der Waals surface area contributed by atoms with Crippen LogP contribution < -0.4 is 5.32 Å². The number of fused-ring (bicyclic) bond motifs is 1. The molecule has 0 unspecified atom stereocenters. The van der Waals surface area contributed by atoms with Gasteiger partial charge in [-0.15, -0.1) is 0 Å². The van der Waals surface area contributed by atoms with Gasteiger partial charge in [0.15, 0.2) is 0 Å². The molecule has 3 nitrogen and oxygen atoms in total. The van der Waals surface area contributed by atoms with E-state index in [-0.39, 0.29) is 5.39 Å². The second-order valence-corrected chi connectivity index (χ2v) is 4.95. The van der Waals surface area contributed by atoms with E-state index in [1.807, 2.05) is 0 Å². The molecule has 6 heteroatoms. The minimum atomic E-state index is -4.35. The molecule has 2 aromatic rings. The summed E-state index contributed by atoms with van der Waals surface area (Å²) in [5, 5.41) is 3.38. The Bertz CT molecular complexity index is 600. The molecule has 108 valence electrons. The normalized spacial score (nSPS) is 17.8. The van der Waals surface area contributed by atoms with E-state index >= 15 is 0 Å². The molecular weight excluding hydrogens is 269 g/mol. The molecule has 1 aliphatic rings. The van der Waals surface area contributed by atoms with E-state index in [4.69, 9.17) is 4.42 Å². The molecule has 0 radical (unpaired) electrons. The Kier molecular flexibility index (Phi) is 3.43. The summed E-state index contributed by atoms with van der Waals surface area (Å²) in [6.45, 7) is 4.10. The Hall–Kier alpha value is -1.53. The summed E-state index contributed by atoms with van der Waals surface area (Å²) in [4.78, 5) is 2.17. The molecule has 1 saturated heterocycles. The molecule has 1 aromatic carbocycles. The molecule has 1 aromatic heterocycles.